The van der Waals surface area contributed by atoms with Crippen molar-refractivity contribution in [3.05, 3.63) is 0 Å². The normalized spacial score (nSPS) is 12.4. The van der Waals surface area contributed by atoms with E-state index in [1.807, 2.05) is 25.7 Å². The van der Waals surface area contributed by atoms with E-state index in [9.17, 15) is 0 Å². The van der Waals surface area contributed by atoms with Crippen LogP contribution in [0.4, 0.5) is 0 Å². The molecule has 0 heterocycles. The molecule has 0 aliphatic heterocycles. The van der Waals surface area contributed by atoms with Gasteiger partial charge in [-0.25, -0.2) is 0 Å². The minimum Gasteiger partial charge on any atom is -0.316 e. The Balaban J connectivity index is 3.51. The number of hydrogen-bond donors (Lipinski definition) is 1. The Hall–Kier alpha value is -0.130. The molecule has 1 atom stereocenters. The van der Waals surface area contributed by atoms with Crippen molar-refractivity contribution in [2.45, 2.75) is 39.7 Å². The van der Waals surface area contributed by atoms with E-state index in [0.29, 0.717) is 6.04 Å². The second kappa shape index (κ2) is 9.43. The van der Waals surface area contributed by atoms with Crippen LogP contribution in [0.5, 0.6) is 0 Å². The first-order valence-electron chi connectivity index (χ1n) is 5.35. The third-order valence-corrected chi connectivity index (χ3v) is 3.51. The molecule has 0 radical (unpaired) electrons. The summed E-state index contributed by atoms with van der Waals surface area (Å²) in [6, 6.07) is 0.625. The van der Waals surface area contributed by atoms with Gasteiger partial charge in [0.1, 0.15) is 0 Å². The molecule has 1 N–H and O–H groups in total. The van der Waals surface area contributed by atoms with E-state index >= 15 is 0 Å². The van der Waals surface area contributed by atoms with Gasteiger partial charge in [0.25, 0.3) is 0 Å². The van der Waals surface area contributed by atoms with Crippen LogP contribution in [-0.2, 0) is 0 Å². The SMILES string of the molecule is CC#CCCC(CSCC(C)C)NC. The molecule has 1 unspecified atom stereocenters. The first-order valence-corrected chi connectivity index (χ1v) is 6.50. The van der Waals surface area contributed by atoms with Crippen molar-refractivity contribution in [3.63, 3.8) is 0 Å². The van der Waals surface area contributed by atoms with Gasteiger partial charge in [-0.05, 0) is 32.1 Å². The Morgan fingerprint density at radius 2 is 2.00 bits per heavy atom. The Morgan fingerprint density at radius 1 is 1.29 bits per heavy atom. The van der Waals surface area contributed by atoms with Crippen molar-refractivity contribution in [1.29, 1.82) is 0 Å². The average molecular weight is 213 g/mol. The summed E-state index contributed by atoms with van der Waals surface area (Å²) in [4.78, 5) is 0. The predicted molar refractivity (Wildman–Crippen MR) is 67.7 cm³/mol. The summed E-state index contributed by atoms with van der Waals surface area (Å²) in [7, 11) is 2.04. The monoisotopic (exact) mass is 213 g/mol. The number of thioether (sulfide) groups is 1. The molecule has 0 aromatic heterocycles. The fourth-order valence-corrected chi connectivity index (χ4v) is 2.35. The Labute approximate surface area is 93.4 Å². The summed E-state index contributed by atoms with van der Waals surface area (Å²) >= 11 is 2.04. The zero-order chi connectivity index (χ0) is 10.8. The number of rotatable bonds is 7. The van der Waals surface area contributed by atoms with E-state index in [2.05, 4.69) is 31.0 Å². The standard InChI is InChI=1S/C12H23NS/c1-5-6-7-8-12(13-4)10-14-9-11(2)3/h11-13H,7-10H2,1-4H3. The highest BCUT2D eigenvalue weighted by Crippen LogP contribution is 2.11. The molecule has 0 spiro atoms. The van der Waals surface area contributed by atoms with Crippen LogP contribution in [-0.4, -0.2) is 24.6 Å². The van der Waals surface area contributed by atoms with Crippen LogP contribution in [0.25, 0.3) is 0 Å². The quantitative estimate of drug-likeness (QED) is 0.653. The van der Waals surface area contributed by atoms with Gasteiger partial charge in [0.05, 0.1) is 0 Å². The molecule has 0 saturated carbocycles. The highest BCUT2D eigenvalue weighted by atomic mass is 32.2. The second-order valence-corrected chi connectivity index (χ2v) is 4.96. The average Bonchev–Trinajstić information content (AvgIpc) is 2.15. The van der Waals surface area contributed by atoms with Crippen LogP contribution in [0.2, 0.25) is 0 Å². The molecule has 0 rings (SSSR count). The summed E-state index contributed by atoms with van der Waals surface area (Å²) in [6.07, 6.45) is 2.19. The maximum absolute atomic E-state index is 3.35. The lowest BCUT2D eigenvalue weighted by Gasteiger charge is -2.14. The maximum atomic E-state index is 3.35. The van der Waals surface area contributed by atoms with Gasteiger partial charge < -0.3 is 5.32 Å². The minimum absolute atomic E-state index is 0.625. The van der Waals surface area contributed by atoms with Crippen molar-refractivity contribution in [2.75, 3.05) is 18.6 Å². The van der Waals surface area contributed by atoms with Gasteiger partial charge in [0, 0.05) is 18.2 Å². The van der Waals surface area contributed by atoms with Crippen molar-refractivity contribution >= 4 is 11.8 Å². The number of nitrogens with one attached hydrogen (secondary N) is 1. The Bertz CT molecular complexity index is 178. The lowest BCUT2D eigenvalue weighted by molar-refractivity contribution is 0.581. The molecular formula is C12H23NS. The first-order chi connectivity index (χ1) is 6.70. The largest absolute Gasteiger partial charge is 0.316 e. The fraction of sp³-hybridized carbons (Fsp3) is 0.833. The maximum Gasteiger partial charge on any atom is 0.0164 e. The van der Waals surface area contributed by atoms with Crippen molar-refractivity contribution < 1.29 is 0 Å². The minimum atomic E-state index is 0.625. The summed E-state index contributed by atoms with van der Waals surface area (Å²) in [5.74, 6) is 9.32. The summed E-state index contributed by atoms with van der Waals surface area (Å²) < 4.78 is 0. The highest BCUT2D eigenvalue weighted by Gasteiger charge is 2.05. The third kappa shape index (κ3) is 8.47. The first kappa shape index (κ1) is 13.9. The molecule has 0 amide bonds. The molecule has 0 saturated heterocycles. The summed E-state index contributed by atoms with van der Waals surface area (Å²) in [5.41, 5.74) is 0. The molecule has 0 aliphatic rings. The van der Waals surface area contributed by atoms with E-state index in [4.69, 9.17) is 0 Å². The Morgan fingerprint density at radius 3 is 2.50 bits per heavy atom. The van der Waals surface area contributed by atoms with Crippen molar-refractivity contribution in [3.8, 4) is 11.8 Å². The zero-order valence-corrected chi connectivity index (χ0v) is 10.7. The van der Waals surface area contributed by atoms with Gasteiger partial charge in [-0.1, -0.05) is 13.8 Å². The van der Waals surface area contributed by atoms with E-state index < -0.39 is 0 Å². The molecule has 0 aromatic rings. The van der Waals surface area contributed by atoms with Crippen LogP contribution in [0, 0.1) is 17.8 Å². The summed E-state index contributed by atoms with van der Waals surface area (Å²) in [6.45, 7) is 6.44. The fourth-order valence-electron chi connectivity index (χ4n) is 1.13. The van der Waals surface area contributed by atoms with E-state index in [0.717, 1.165) is 12.3 Å². The van der Waals surface area contributed by atoms with Gasteiger partial charge in [-0.3, -0.25) is 0 Å². The van der Waals surface area contributed by atoms with Crippen LogP contribution in [0.1, 0.15) is 33.6 Å². The van der Waals surface area contributed by atoms with E-state index in [1.165, 1.54) is 17.9 Å². The molecule has 0 fully saturated rings. The van der Waals surface area contributed by atoms with Crippen LogP contribution in [0.3, 0.4) is 0 Å². The van der Waals surface area contributed by atoms with Gasteiger partial charge in [-0.15, -0.1) is 11.8 Å². The van der Waals surface area contributed by atoms with Gasteiger partial charge in [0.2, 0.25) is 0 Å². The Kier molecular flexibility index (Phi) is 9.34. The molecule has 82 valence electrons. The van der Waals surface area contributed by atoms with Crippen molar-refractivity contribution in [2.24, 2.45) is 5.92 Å². The molecule has 14 heavy (non-hydrogen) atoms. The zero-order valence-electron chi connectivity index (χ0n) is 9.89. The smallest absolute Gasteiger partial charge is 0.0164 e. The third-order valence-electron chi connectivity index (χ3n) is 1.97. The van der Waals surface area contributed by atoms with E-state index in [-0.39, 0.29) is 0 Å². The van der Waals surface area contributed by atoms with Gasteiger partial charge in [-0.2, -0.15) is 11.8 Å². The van der Waals surface area contributed by atoms with Gasteiger partial charge in [0.15, 0.2) is 0 Å². The topological polar surface area (TPSA) is 12.0 Å². The highest BCUT2D eigenvalue weighted by molar-refractivity contribution is 7.99. The lowest BCUT2D eigenvalue weighted by atomic mass is 10.2. The molecule has 2 heteroatoms. The lowest BCUT2D eigenvalue weighted by Crippen LogP contribution is -2.27. The molecule has 1 nitrogen and oxygen atoms in total. The van der Waals surface area contributed by atoms with Crippen LogP contribution >= 0.6 is 11.8 Å². The summed E-state index contributed by atoms with van der Waals surface area (Å²) in [5, 5.41) is 3.35. The van der Waals surface area contributed by atoms with Gasteiger partial charge >= 0.3 is 0 Å². The molecule has 0 bridgehead atoms. The van der Waals surface area contributed by atoms with Crippen LogP contribution in [0.15, 0.2) is 0 Å². The van der Waals surface area contributed by atoms with Crippen molar-refractivity contribution in [1.82, 2.24) is 5.32 Å². The predicted octanol–water partition coefficient (Wildman–Crippen LogP) is 2.77. The van der Waals surface area contributed by atoms with E-state index in [1.54, 1.807) is 0 Å². The second-order valence-electron chi connectivity index (χ2n) is 3.88. The molecule has 0 aliphatic carbocycles. The van der Waals surface area contributed by atoms with Crippen LogP contribution < -0.4 is 5.32 Å². The number of hydrogen-bond acceptors (Lipinski definition) is 2. The molecular weight excluding hydrogens is 190 g/mol. The molecule has 0 aromatic carbocycles.